The number of aromatic nitrogens is 1. The molecule has 1 aliphatic carbocycles. The van der Waals surface area contributed by atoms with E-state index in [4.69, 9.17) is 16.6 Å². The van der Waals surface area contributed by atoms with Crippen LogP contribution in [-0.2, 0) is 11.3 Å². The van der Waals surface area contributed by atoms with Crippen LogP contribution in [0.5, 0.6) is 0 Å². The van der Waals surface area contributed by atoms with E-state index in [1.165, 1.54) is 23.5 Å². The zero-order chi connectivity index (χ0) is 13.9. The number of carbonyl (C=O) groups excluding carboxylic acids is 1. The molecule has 4 nitrogen and oxygen atoms in total. The maximum Gasteiger partial charge on any atom is 0.223 e. The number of hydrogen-bond donors (Lipinski definition) is 0. The monoisotopic (exact) mass is 313 g/mol. The van der Waals surface area contributed by atoms with Crippen LogP contribution in [-0.4, -0.2) is 52.8 Å². The van der Waals surface area contributed by atoms with E-state index in [-0.39, 0.29) is 5.91 Å². The van der Waals surface area contributed by atoms with Gasteiger partial charge < -0.3 is 4.90 Å². The molecule has 0 N–H and O–H groups in total. The third-order valence-corrected chi connectivity index (χ3v) is 5.00. The van der Waals surface area contributed by atoms with E-state index in [0.29, 0.717) is 12.3 Å². The van der Waals surface area contributed by atoms with Crippen molar-refractivity contribution < 1.29 is 4.79 Å². The molecule has 0 unspecified atom stereocenters. The second-order valence-corrected chi connectivity index (χ2v) is 6.86. The first-order chi connectivity index (χ1) is 9.76. The number of nitrogens with zero attached hydrogens (tertiary/aromatic N) is 3. The fourth-order valence-electron chi connectivity index (χ4n) is 2.55. The third kappa shape index (κ3) is 3.51. The van der Waals surface area contributed by atoms with Crippen LogP contribution in [0.3, 0.4) is 0 Å². The Labute approximate surface area is 128 Å². The number of hydrogen-bond acceptors (Lipinski definition) is 4. The molecule has 0 spiro atoms. The van der Waals surface area contributed by atoms with E-state index in [2.05, 4.69) is 10.3 Å². The summed E-state index contributed by atoms with van der Waals surface area (Å²) in [4.78, 5) is 20.8. The summed E-state index contributed by atoms with van der Waals surface area (Å²) in [7, 11) is 0. The third-order valence-electron chi connectivity index (χ3n) is 3.96. The normalized spacial score (nSPS) is 20.4. The lowest BCUT2D eigenvalue weighted by Crippen LogP contribution is -2.48. The SMILES string of the molecule is O=C(CCCl)N1CCN(Cc2nc(C3CC3)cs2)CC1. The Hall–Kier alpha value is -0.650. The lowest BCUT2D eigenvalue weighted by molar-refractivity contribution is -0.132. The molecular formula is C14H20ClN3OS. The summed E-state index contributed by atoms with van der Waals surface area (Å²) in [6.45, 7) is 4.43. The first-order valence-corrected chi connectivity index (χ1v) is 8.68. The number of halogens is 1. The lowest BCUT2D eigenvalue weighted by Gasteiger charge is -2.34. The van der Waals surface area contributed by atoms with Gasteiger partial charge in [-0.3, -0.25) is 9.69 Å². The summed E-state index contributed by atoms with van der Waals surface area (Å²) >= 11 is 7.40. The van der Waals surface area contributed by atoms with Crippen molar-refractivity contribution in [2.24, 2.45) is 0 Å². The van der Waals surface area contributed by atoms with Crippen LogP contribution in [0.25, 0.3) is 0 Å². The number of rotatable bonds is 5. The first kappa shape index (κ1) is 14.3. The number of piperazine rings is 1. The molecule has 1 aliphatic heterocycles. The van der Waals surface area contributed by atoms with Crippen LogP contribution >= 0.6 is 22.9 Å². The van der Waals surface area contributed by atoms with Gasteiger partial charge >= 0.3 is 0 Å². The molecule has 1 amide bonds. The van der Waals surface area contributed by atoms with Gasteiger partial charge in [0, 0.05) is 49.8 Å². The van der Waals surface area contributed by atoms with Gasteiger partial charge in [-0.05, 0) is 12.8 Å². The second-order valence-electron chi connectivity index (χ2n) is 5.54. The van der Waals surface area contributed by atoms with E-state index >= 15 is 0 Å². The first-order valence-electron chi connectivity index (χ1n) is 7.26. The van der Waals surface area contributed by atoms with E-state index in [9.17, 15) is 4.79 Å². The predicted molar refractivity (Wildman–Crippen MR) is 81.3 cm³/mol. The summed E-state index contributed by atoms with van der Waals surface area (Å²) in [5.41, 5.74) is 1.29. The summed E-state index contributed by atoms with van der Waals surface area (Å²) in [6.07, 6.45) is 3.08. The number of carbonyl (C=O) groups is 1. The van der Waals surface area contributed by atoms with Crippen molar-refractivity contribution in [3.05, 3.63) is 16.1 Å². The topological polar surface area (TPSA) is 36.4 Å². The highest BCUT2D eigenvalue weighted by molar-refractivity contribution is 7.09. The van der Waals surface area contributed by atoms with Crippen molar-refractivity contribution >= 4 is 28.8 Å². The molecular weight excluding hydrogens is 294 g/mol. The minimum atomic E-state index is 0.185. The molecule has 1 saturated carbocycles. The van der Waals surface area contributed by atoms with Crippen LogP contribution in [0, 0.1) is 0 Å². The maximum atomic E-state index is 11.8. The van der Waals surface area contributed by atoms with E-state index in [0.717, 1.165) is 38.6 Å². The average Bonchev–Trinajstić information content (AvgIpc) is 3.21. The quantitative estimate of drug-likeness (QED) is 0.783. The average molecular weight is 314 g/mol. The van der Waals surface area contributed by atoms with Gasteiger partial charge in [0.05, 0.1) is 12.2 Å². The fourth-order valence-corrected chi connectivity index (χ4v) is 3.63. The van der Waals surface area contributed by atoms with E-state index < -0.39 is 0 Å². The van der Waals surface area contributed by atoms with Crippen LogP contribution in [0.2, 0.25) is 0 Å². The minimum Gasteiger partial charge on any atom is -0.340 e. The van der Waals surface area contributed by atoms with Crippen LogP contribution in [0.1, 0.15) is 35.9 Å². The summed E-state index contributed by atoms with van der Waals surface area (Å²) in [5.74, 6) is 1.34. The molecule has 1 aromatic rings. The number of amides is 1. The van der Waals surface area contributed by atoms with Crippen LogP contribution < -0.4 is 0 Å². The zero-order valence-corrected chi connectivity index (χ0v) is 13.1. The summed E-state index contributed by atoms with van der Waals surface area (Å²) < 4.78 is 0. The highest BCUT2D eigenvalue weighted by Crippen LogP contribution is 2.40. The van der Waals surface area contributed by atoms with Gasteiger partial charge in [-0.1, -0.05) is 0 Å². The molecule has 3 rings (SSSR count). The summed E-state index contributed by atoms with van der Waals surface area (Å²) in [5, 5.41) is 3.43. The molecule has 1 saturated heterocycles. The van der Waals surface area contributed by atoms with Crippen molar-refractivity contribution in [3.8, 4) is 0 Å². The molecule has 2 fully saturated rings. The molecule has 1 aromatic heterocycles. The molecule has 6 heteroatoms. The molecule has 0 radical (unpaired) electrons. The van der Waals surface area contributed by atoms with Crippen molar-refractivity contribution in [1.82, 2.24) is 14.8 Å². The highest BCUT2D eigenvalue weighted by Gasteiger charge is 2.26. The molecule has 2 aliphatic rings. The summed E-state index contributed by atoms with van der Waals surface area (Å²) in [6, 6.07) is 0. The smallest absolute Gasteiger partial charge is 0.223 e. The number of alkyl halides is 1. The predicted octanol–water partition coefficient (Wildman–Crippen LogP) is 2.29. The van der Waals surface area contributed by atoms with E-state index in [1.807, 2.05) is 4.90 Å². The molecule has 0 atom stereocenters. The largest absolute Gasteiger partial charge is 0.340 e. The van der Waals surface area contributed by atoms with E-state index in [1.54, 1.807) is 11.3 Å². The van der Waals surface area contributed by atoms with Gasteiger partial charge in [0.15, 0.2) is 0 Å². The Kier molecular flexibility index (Phi) is 4.58. The zero-order valence-electron chi connectivity index (χ0n) is 11.6. The van der Waals surface area contributed by atoms with Gasteiger partial charge in [-0.2, -0.15) is 0 Å². The molecule has 110 valence electrons. The Bertz CT molecular complexity index is 467. The molecule has 0 aromatic carbocycles. The van der Waals surface area contributed by atoms with Gasteiger partial charge in [-0.15, -0.1) is 22.9 Å². The van der Waals surface area contributed by atoms with Crippen molar-refractivity contribution in [2.45, 2.75) is 31.7 Å². The van der Waals surface area contributed by atoms with Gasteiger partial charge in [0.25, 0.3) is 0 Å². The van der Waals surface area contributed by atoms with Crippen molar-refractivity contribution in [1.29, 1.82) is 0 Å². The Balaban J connectivity index is 1.46. The highest BCUT2D eigenvalue weighted by atomic mass is 35.5. The van der Waals surface area contributed by atoms with Crippen molar-refractivity contribution in [3.63, 3.8) is 0 Å². The Morgan fingerprint density at radius 1 is 1.35 bits per heavy atom. The number of thiazole rings is 1. The second kappa shape index (κ2) is 6.41. The standard InChI is InChI=1S/C14H20ClN3OS/c15-4-3-14(19)18-7-5-17(6-8-18)9-13-16-12(10-20-13)11-1-2-11/h10-11H,1-9H2. The minimum absolute atomic E-state index is 0.185. The lowest BCUT2D eigenvalue weighted by atomic mass is 10.3. The fraction of sp³-hybridized carbons (Fsp3) is 0.714. The maximum absolute atomic E-state index is 11.8. The van der Waals surface area contributed by atoms with Gasteiger partial charge in [0.2, 0.25) is 5.91 Å². The van der Waals surface area contributed by atoms with Gasteiger partial charge in [-0.25, -0.2) is 4.98 Å². The van der Waals surface area contributed by atoms with Crippen molar-refractivity contribution in [2.75, 3.05) is 32.1 Å². The molecule has 20 heavy (non-hydrogen) atoms. The Morgan fingerprint density at radius 3 is 2.75 bits per heavy atom. The van der Waals surface area contributed by atoms with Crippen LogP contribution in [0.15, 0.2) is 5.38 Å². The Morgan fingerprint density at radius 2 is 2.10 bits per heavy atom. The molecule has 2 heterocycles. The molecule has 0 bridgehead atoms. The van der Waals surface area contributed by atoms with Crippen LogP contribution in [0.4, 0.5) is 0 Å². The van der Waals surface area contributed by atoms with Gasteiger partial charge in [0.1, 0.15) is 5.01 Å².